The van der Waals surface area contributed by atoms with Crippen molar-refractivity contribution in [2.75, 3.05) is 6.54 Å². The lowest BCUT2D eigenvalue weighted by Gasteiger charge is -2.40. The Bertz CT molecular complexity index is 163. The molecule has 0 aromatic heterocycles. The quantitative estimate of drug-likeness (QED) is 0.725. The van der Waals surface area contributed by atoms with Gasteiger partial charge in [0.15, 0.2) is 0 Å². The molecule has 4 N–H and O–H groups in total. The third-order valence-corrected chi connectivity index (χ3v) is 4.58. The van der Waals surface area contributed by atoms with Crippen molar-refractivity contribution in [3.63, 3.8) is 0 Å². The lowest BCUT2D eigenvalue weighted by Crippen LogP contribution is -2.57. The van der Waals surface area contributed by atoms with Crippen molar-refractivity contribution >= 4 is 0 Å². The molecule has 0 heterocycles. The van der Waals surface area contributed by atoms with E-state index in [9.17, 15) is 0 Å². The minimum absolute atomic E-state index is 0.0208. The Morgan fingerprint density at radius 1 is 0.857 bits per heavy atom. The predicted octanol–water partition coefficient (Wildman–Crippen LogP) is 2.02. The van der Waals surface area contributed by atoms with Crippen LogP contribution in [-0.4, -0.2) is 12.1 Å². The monoisotopic (exact) mass is 196 g/mol. The van der Waals surface area contributed by atoms with Crippen LogP contribution in [0.25, 0.3) is 0 Å². The molecule has 2 fully saturated rings. The van der Waals surface area contributed by atoms with E-state index in [1.54, 1.807) is 0 Å². The highest BCUT2D eigenvalue weighted by Crippen LogP contribution is 2.42. The molecule has 2 nitrogen and oxygen atoms in total. The van der Waals surface area contributed by atoms with Crippen LogP contribution >= 0.6 is 0 Å². The van der Waals surface area contributed by atoms with E-state index >= 15 is 0 Å². The lowest BCUT2D eigenvalue weighted by molar-refractivity contribution is 0.184. The zero-order valence-corrected chi connectivity index (χ0v) is 9.17. The molecule has 0 aromatic carbocycles. The normalized spacial score (nSPS) is 26.1. The number of rotatable bonds is 3. The van der Waals surface area contributed by atoms with E-state index in [4.69, 9.17) is 11.5 Å². The molecule has 0 aliphatic heterocycles. The van der Waals surface area contributed by atoms with Gasteiger partial charge in [-0.05, 0) is 37.5 Å². The van der Waals surface area contributed by atoms with Crippen molar-refractivity contribution in [1.29, 1.82) is 0 Å². The second-order valence-electron chi connectivity index (χ2n) is 5.28. The van der Waals surface area contributed by atoms with Crippen LogP contribution in [-0.2, 0) is 0 Å². The lowest BCUT2D eigenvalue weighted by atomic mass is 9.73. The first kappa shape index (κ1) is 10.4. The molecule has 0 spiro atoms. The Hall–Kier alpha value is -0.0800. The molecular formula is C12H24N2. The van der Waals surface area contributed by atoms with Crippen LogP contribution < -0.4 is 11.5 Å². The van der Waals surface area contributed by atoms with E-state index < -0.39 is 0 Å². The molecule has 0 saturated heterocycles. The van der Waals surface area contributed by atoms with Gasteiger partial charge in [-0.15, -0.1) is 0 Å². The summed E-state index contributed by atoms with van der Waals surface area (Å²) in [5.74, 6) is 1.44. The molecule has 0 bridgehead atoms. The van der Waals surface area contributed by atoms with Crippen LogP contribution in [0.15, 0.2) is 0 Å². The van der Waals surface area contributed by atoms with Crippen LogP contribution in [0.1, 0.15) is 51.4 Å². The summed E-state index contributed by atoms with van der Waals surface area (Å²) in [5.41, 5.74) is 12.5. The van der Waals surface area contributed by atoms with E-state index in [0.717, 1.165) is 11.8 Å². The van der Waals surface area contributed by atoms with Crippen molar-refractivity contribution in [1.82, 2.24) is 0 Å². The molecule has 2 aliphatic carbocycles. The summed E-state index contributed by atoms with van der Waals surface area (Å²) in [6.07, 6.45) is 10.8. The summed E-state index contributed by atoms with van der Waals surface area (Å²) in [7, 11) is 0. The maximum Gasteiger partial charge on any atom is 0.0335 e. The van der Waals surface area contributed by atoms with Crippen LogP contribution in [0.4, 0.5) is 0 Å². The first-order valence-corrected chi connectivity index (χ1v) is 6.26. The van der Waals surface area contributed by atoms with Gasteiger partial charge < -0.3 is 11.5 Å². The fourth-order valence-electron chi connectivity index (χ4n) is 3.59. The highest BCUT2D eigenvalue weighted by Gasteiger charge is 2.42. The van der Waals surface area contributed by atoms with Gasteiger partial charge in [0.1, 0.15) is 0 Å². The van der Waals surface area contributed by atoms with Gasteiger partial charge in [-0.1, -0.05) is 25.7 Å². The van der Waals surface area contributed by atoms with Gasteiger partial charge in [0.25, 0.3) is 0 Å². The average molecular weight is 196 g/mol. The van der Waals surface area contributed by atoms with Gasteiger partial charge in [-0.3, -0.25) is 0 Å². The number of hydrogen-bond acceptors (Lipinski definition) is 2. The highest BCUT2D eigenvalue weighted by molar-refractivity contribution is 5.00. The summed E-state index contributed by atoms with van der Waals surface area (Å²) in [5, 5.41) is 0. The predicted molar refractivity (Wildman–Crippen MR) is 59.9 cm³/mol. The summed E-state index contributed by atoms with van der Waals surface area (Å²) in [6, 6.07) is 0. The van der Waals surface area contributed by atoms with Crippen LogP contribution in [0, 0.1) is 11.8 Å². The van der Waals surface area contributed by atoms with Gasteiger partial charge in [0.2, 0.25) is 0 Å². The van der Waals surface area contributed by atoms with Crippen molar-refractivity contribution in [3.05, 3.63) is 0 Å². The van der Waals surface area contributed by atoms with Gasteiger partial charge >= 0.3 is 0 Å². The Morgan fingerprint density at radius 3 is 1.50 bits per heavy atom. The Kier molecular flexibility index (Phi) is 3.13. The first-order valence-electron chi connectivity index (χ1n) is 6.26. The zero-order valence-electron chi connectivity index (χ0n) is 9.17. The summed E-state index contributed by atoms with van der Waals surface area (Å²) in [4.78, 5) is 0. The SMILES string of the molecule is NCC(N)(C1CCCC1)C1CCCC1. The molecule has 0 radical (unpaired) electrons. The largest absolute Gasteiger partial charge is 0.329 e. The third-order valence-electron chi connectivity index (χ3n) is 4.58. The fourth-order valence-corrected chi connectivity index (χ4v) is 3.59. The molecular weight excluding hydrogens is 172 g/mol. The Morgan fingerprint density at radius 2 is 1.21 bits per heavy atom. The van der Waals surface area contributed by atoms with Crippen LogP contribution in [0.3, 0.4) is 0 Å². The smallest absolute Gasteiger partial charge is 0.0335 e. The summed E-state index contributed by atoms with van der Waals surface area (Å²) in [6.45, 7) is 0.697. The first-order chi connectivity index (χ1) is 6.77. The van der Waals surface area contributed by atoms with Gasteiger partial charge in [0, 0.05) is 12.1 Å². The van der Waals surface area contributed by atoms with Crippen molar-refractivity contribution in [3.8, 4) is 0 Å². The molecule has 2 rings (SSSR count). The fraction of sp³-hybridized carbons (Fsp3) is 1.00. The van der Waals surface area contributed by atoms with E-state index in [0.29, 0.717) is 6.54 Å². The van der Waals surface area contributed by atoms with Crippen molar-refractivity contribution in [2.24, 2.45) is 23.3 Å². The maximum atomic E-state index is 6.58. The Balaban J connectivity index is 2.06. The van der Waals surface area contributed by atoms with Crippen molar-refractivity contribution in [2.45, 2.75) is 56.9 Å². The third kappa shape index (κ3) is 1.70. The highest BCUT2D eigenvalue weighted by atomic mass is 14.8. The molecule has 14 heavy (non-hydrogen) atoms. The van der Waals surface area contributed by atoms with Gasteiger partial charge in [-0.25, -0.2) is 0 Å². The number of hydrogen-bond donors (Lipinski definition) is 2. The van der Waals surface area contributed by atoms with E-state index in [1.807, 2.05) is 0 Å². The molecule has 0 aromatic rings. The van der Waals surface area contributed by atoms with Gasteiger partial charge in [-0.2, -0.15) is 0 Å². The molecule has 2 heteroatoms. The van der Waals surface area contributed by atoms with Crippen LogP contribution in [0.2, 0.25) is 0 Å². The standard InChI is InChI=1S/C12H24N2/c13-9-12(14,10-5-1-2-6-10)11-7-3-4-8-11/h10-11H,1-9,13-14H2. The zero-order chi connectivity index (χ0) is 10.0. The molecule has 2 aliphatic rings. The molecule has 0 amide bonds. The summed E-state index contributed by atoms with van der Waals surface area (Å²) < 4.78 is 0. The second-order valence-corrected chi connectivity index (χ2v) is 5.28. The molecule has 0 unspecified atom stereocenters. The Labute approximate surface area is 87.4 Å². The van der Waals surface area contributed by atoms with E-state index in [1.165, 1.54) is 51.4 Å². The molecule has 2 saturated carbocycles. The molecule has 82 valence electrons. The van der Waals surface area contributed by atoms with E-state index in [-0.39, 0.29) is 5.54 Å². The minimum Gasteiger partial charge on any atom is -0.329 e. The second kappa shape index (κ2) is 4.19. The van der Waals surface area contributed by atoms with Gasteiger partial charge in [0.05, 0.1) is 0 Å². The summed E-state index contributed by atoms with van der Waals surface area (Å²) >= 11 is 0. The average Bonchev–Trinajstić information content (AvgIpc) is 2.88. The minimum atomic E-state index is -0.0208. The maximum absolute atomic E-state index is 6.58. The number of nitrogens with two attached hydrogens (primary N) is 2. The van der Waals surface area contributed by atoms with E-state index in [2.05, 4.69) is 0 Å². The van der Waals surface area contributed by atoms with Crippen molar-refractivity contribution < 1.29 is 0 Å². The topological polar surface area (TPSA) is 52.0 Å². The molecule has 0 atom stereocenters. The van der Waals surface area contributed by atoms with Crippen LogP contribution in [0.5, 0.6) is 0 Å².